The van der Waals surface area contributed by atoms with Crippen LogP contribution in [0, 0.1) is 6.92 Å². The highest BCUT2D eigenvalue weighted by Gasteiger charge is 2.15. The predicted molar refractivity (Wildman–Crippen MR) is 79.8 cm³/mol. The molecule has 2 aromatic carbocycles. The van der Waals surface area contributed by atoms with Gasteiger partial charge < -0.3 is 10.6 Å². The Morgan fingerprint density at radius 1 is 1.16 bits per heavy atom. The highest BCUT2D eigenvalue weighted by Crippen LogP contribution is 2.27. The average Bonchev–Trinajstić information content (AvgIpc) is 2.41. The van der Waals surface area contributed by atoms with Gasteiger partial charge in [0, 0.05) is 18.3 Å². The summed E-state index contributed by atoms with van der Waals surface area (Å²) in [5.41, 5.74) is 8.57. The largest absolute Gasteiger partial charge is 0.399 e. The molecule has 0 unspecified atom stereocenters. The second-order valence-corrected chi connectivity index (χ2v) is 4.85. The molecular weight excluding hydrogens is 260 g/mol. The summed E-state index contributed by atoms with van der Waals surface area (Å²) in [4.78, 5) is 13.9. The number of nitrogens with two attached hydrogens (primary N) is 1. The third-order valence-corrected chi connectivity index (χ3v) is 3.24. The Morgan fingerprint density at radius 3 is 2.42 bits per heavy atom. The van der Waals surface area contributed by atoms with Gasteiger partial charge in [-0.2, -0.15) is 0 Å². The number of anilines is 2. The lowest BCUT2D eigenvalue weighted by molar-refractivity contribution is 0.0993. The molecule has 0 aromatic heterocycles. The van der Waals surface area contributed by atoms with Crippen LogP contribution in [0.2, 0.25) is 5.02 Å². The van der Waals surface area contributed by atoms with Gasteiger partial charge in [0.1, 0.15) is 0 Å². The topological polar surface area (TPSA) is 46.3 Å². The Balaban J connectivity index is 2.33. The third kappa shape index (κ3) is 2.88. The van der Waals surface area contributed by atoms with Gasteiger partial charge in [0.15, 0.2) is 0 Å². The van der Waals surface area contributed by atoms with Crippen molar-refractivity contribution >= 4 is 28.9 Å². The minimum Gasteiger partial charge on any atom is -0.399 e. The molecular formula is C15H15ClN2O. The van der Waals surface area contributed by atoms with Gasteiger partial charge in [0.25, 0.3) is 5.91 Å². The molecule has 0 radical (unpaired) electrons. The molecule has 19 heavy (non-hydrogen) atoms. The maximum absolute atomic E-state index is 12.3. The van der Waals surface area contributed by atoms with Gasteiger partial charge in [0.2, 0.25) is 0 Å². The fraction of sp³-hybridized carbons (Fsp3) is 0.133. The van der Waals surface area contributed by atoms with Crippen LogP contribution in [0.25, 0.3) is 0 Å². The first-order chi connectivity index (χ1) is 8.99. The van der Waals surface area contributed by atoms with Crippen LogP contribution >= 0.6 is 11.6 Å². The molecule has 98 valence electrons. The van der Waals surface area contributed by atoms with Crippen molar-refractivity contribution < 1.29 is 4.79 Å². The van der Waals surface area contributed by atoms with Crippen molar-refractivity contribution in [1.29, 1.82) is 0 Å². The van der Waals surface area contributed by atoms with Crippen molar-refractivity contribution in [2.24, 2.45) is 0 Å². The van der Waals surface area contributed by atoms with Crippen LogP contribution in [0.1, 0.15) is 15.9 Å². The highest BCUT2D eigenvalue weighted by molar-refractivity contribution is 6.34. The van der Waals surface area contributed by atoms with E-state index in [1.807, 2.05) is 19.1 Å². The molecule has 0 saturated heterocycles. The van der Waals surface area contributed by atoms with E-state index in [0.717, 1.165) is 5.56 Å². The molecule has 2 aromatic rings. The number of aryl methyl sites for hydroxylation is 1. The molecule has 2 N–H and O–H groups in total. The third-order valence-electron chi connectivity index (χ3n) is 2.93. The monoisotopic (exact) mass is 274 g/mol. The van der Waals surface area contributed by atoms with E-state index in [1.165, 1.54) is 0 Å². The zero-order valence-electron chi connectivity index (χ0n) is 10.9. The van der Waals surface area contributed by atoms with Crippen LogP contribution < -0.4 is 10.6 Å². The average molecular weight is 275 g/mol. The number of rotatable bonds is 2. The minimum absolute atomic E-state index is 0.118. The Kier molecular flexibility index (Phi) is 3.76. The molecule has 0 aliphatic rings. The normalized spacial score (nSPS) is 10.3. The minimum atomic E-state index is -0.118. The number of hydrogen-bond donors (Lipinski definition) is 1. The number of amides is 1. The van der Waals surface area contributed by atoms with E-state index in [1.54, 1.807) is 42.3 Å². The van der Waals surface area contributed by atoms with Crippen molar-refractivity contribution in [2.75, 3.05) is 17.7 Å². The number of carbonyl (C=O) groups excluding carboxylic acids is 1. The van der Waals surface area contributed by atoms with E-state index in [0.29, 0.717) is 22.0 Å². The van der Waals surface area contributed by atoms with Gasteiger partial charge in [0.05, 0.1) is 10.7 Å². The fourth-order valence-corrected chi connectivity index (χ4v) is 2.05. The van der Waals surface area contributed by atoms with Crippen molar-refractivity contribution in [1.82, 2.24) is 0 Å². The van der Waals surface area contributed by atoms with E-state index in [4.69, 9.17) is 17.3 Å². The van der Waals surface area contributed by atoms with E-state index >= 15 is 0 Å². The van der Waals surface area contributed by atoms with Gasteiger partial charge in [-0.05, 0) is 48.9 Å². The molecule has 3 nitrogen and oxygen atoms in total. The van der Waals surface area contributed by atoms with Crippen LogP contribution in [0.5, 0.6) is 0 Å². The number of hydrogen-bond acceptors (Lipinski definition) is 2. The molecule has 0 aliphatic heterocycles. The second-order valence-electron chi connectivity index (χ2n) is 4.44. The molecule has 0 bridgehead atoms. The maximum atomic E-state index is 12.3. The summed E-state index contributed by atoms with van der Waals surface area (Å²) >= 11 is 6.13. The Hall–Kier alpha value is -2.00. The van der Waals surface area contributed by atoms with E-state index in [-0.39, 0.29) is 5.91 Å². The first-order valence-corrected chi connectivity index (χ1v) is 6.26. The van der Waals surface area contributed by atoms with E-state index in [9.17, 15) is 4.79 Å². The Bertz CT molecular complexity index is 608. The van der Waals surface area contributed by atoms with E-state index in [2.05, 4.69) is 0 Å². The van der Waals surface area contributed by atoms with Crippen LogP contribution in [-0.4, -0.2) is 13.0 Å². The molecule has 0 saturated carbocycles. The molecule has 0 heterocycles. The first-order valence-electron chi connectivity index (χ1n) is 5.89. The number of nitrogens with zero attached hydrogens (tertiary/aromatic N) is 1. The summed E-state index contributed by atoms with van der Waals surface area (Å²) < 4.78 is 0. The zero-order chi connectivity index (χ0) is 14.0. The highest BCUT2D eigenvalue weighted by atomic mass is 35.5. The standard InChI is InChI=1S/C15H15ClN2O/c1-10-3-8-13(16)14(9-10)18(2)15(19)11-4-6-12(17)7-5-11/h3-9H,17H2,1-2H3. The summed E-state index contributed by atoms with van der Waals surface area (Å²) in [6.45, 7) is 1.96. The summed E-state index contributed by atoms with van der Waals surface area (Å²) in [5, 5.41) is 0.553. The van der Waals surface area contributed by atoms with Gasteiger partial charge in [-0.3, -0.25) is 4.79 Å². The van der Waals surface area contributed by atoms with Crippen LogP contribution in [-0.2, 0) is 0 Å². The van der Waals surface area contributed by atoms with Crippen molar-refractivity contribution in [2.45, 2.75) is 6.92 Å². The Morgan fingerprint density at radius 2 is 1.79 bits per heavy atom. The lowest BCUT2D eigenvalue weighted by atomic mass is 10.1. The smallest absolute Gasteiger partial charge is 0.258 e. The van der Waals surface area contributed by atoms with Crippen LogP contribution in [0.4, 0.5) is 11.4 Å². The second kappa shape index (κ2) is 5.33. The number of halogens is 1. The predicted octanol–water partition coefficient (Wildman–Crippen LogP) is 3.51. The quantitative estimate of drug-likeness (QED) is 0.852. The molecule has 0 atom stereocenters. The summed E-state index contributed by atoms with van der Waals surface area (Å²) in [7, 11) is 1.71. The lowest BCUT2D eigenvalue weighted by Crippen LogP contribution is -2.26. The molecule has 4 heteroatoms. The Labute approximate surface area is 117 Å². The summed E-state index contributed by atoms with van der Waals surface area (Å²) in [6.07, 6.45) is 0. The molecule has 0 spiro atoms. The summed E-state index contributed by atoms with van der Waals surface area (Å²) in [5.74, 6) is -0.118. The van der Waals surface area contributed by atoms with Crippen molar-refractivity contribution in [3.63, 3.8) is 0 Å². The number of benzene rings is 2. The van der Waals surface area contributed by atoms with Gasteiger partial charge in [-0.25, -0.2) is 0 Å². The van der Waals surface area contributed by atoms with Crippen LogP contribution in [0.15, 0.2) is 42.5 Å². The van der Waals surface area contributed by atoms with Gasteiger partial charge in [-0.15, -0.1) is 0 Å². The molecule has 1 amide bonds. The van der Waals surface area contributed by atoms with E-state index < -0.39 is 0 Å². The summed E-state index contributed by atoms with van der Waals surface area (Å²) in [6, 6.07) is 12.4. The zero-order valence-corrected chi connectivity index (χ0v) is 11.6. The first kappa shape index (κ1) is 13.4. The molecule has 0 aliphatic carbocycles. The van der Waals surface area contributed by atoms with Crippen molar-refractivity contribution in [3.05, 3.63) is 58.6 Å². The lowest BCUT2D eigenvalue weighted by Gasteiger charge is -2.19. The fourth-order valence-electron chi connectivity index (χ4n) is 1.81. The van der Waals surface area contributed by atoms with Gasteiger partial charge >= 0.3 is 0 Å². The SMILES string of the molecule is Cc1ccc(Cl)c(N(C)C(=O)c2ccc(N)cc2)c1. The van der Waals surface area contributed by atoms with Crippen molar-refractivity contribution in [3.8, 4) is 0 Å². The molecule has 0 fully saturated rings. The van der Waals surface area contributed by atoms with Crippen LogP contribution in [0.3, 0.4) is 0 Å². The number of nitrogen functional groups attached to an aromatic ring is 1. The van der Waals surface area contributed by atoms with Gasteiger partial charge in [-0.1, -0.05) is 17.7 Å². The maximum Gasteiger partial charge on any atom is 0.258 e. The molecule has 2 rings (SSSR count). The number of carbonyl (C=O) groups is 1.